The Morgan fingerprint density at radius 1 is 1.35 bits per heavy atom. The molecular formula is C15H14N2O3. The summed E-state index contributed by atoms with van der Waals surface area (Å²) in [6.45, 7) is 2.35. The van der Waals surface area contributed by atoms with Crippen LogP contribution < -0.4 is 9.47 Å². The van der Waals surface area contributed by atoms with Crippen LogP contribution >= 0.6 is 0 Å². The second-order valence-corrected chi connectivity index (χ2v) is 4.81. The smallest absolute Gasteiger partial charge is 0.298 e. The van der Waals surface area contributed by atoms with E-state index in [1.807, 2.05) is 19.1 Å². The molecule has 3 rings (SSSR count). The van der Waals surface area contributed by atoms with Gasteiger partial charge >= 0.3 is 0 Å². The zero-order valence-corrected chi connectivity index (χ0v) is 11.1. The maximum atomic E-state index is 10.3. The molecular weight excluding hydrogens is 256 g/mol. The second-order valence-electron chi connectivity index (χ2n) is 4.81. The molecule has 1 aliphatic carbocycles. The van der Waals surface area contributed by atoms with E-state index in [0.29, 0.717) is 24.0 Å². The van der Waals surface area contributed by atoms with E-state index in [9.17, 15) is 4.79 Å². The van der Waals surface area contributed by atoms with Crippen LogP contribution in [0.4, 0.5) is 0 Å². The van der Waals surface area contributed by atoms with Gasteiger partial charge in [0.2, 0.25) is 5.88 Å². The van der Waals surface area contributed by atoms with Gasteiger partial charge in [-0.2, -0.15) is 5.10 Å². The Balaban J connectivity index is 1.90. The summed E-state index contributed by atoms with van der Waals surface area (Å²) >= 11 is 0. The number of hydrogen-bond acceptors (Lipinski definition) is 5. The molecule has 0 spiro atoms. The molecule has 0 amide bonds. The van der Waals surface area contributed by atoms with Gasteiger partial charge in [0.15, 0.2) is 5.75 Å². The lowest BCUT2D eigenvalue weighted by atomic mass is 10.1. The normalized spacial score (nSPS) is 13.8. The molecule has 0 bridgehead atoms. The Labute approximate surface area is 116 Å². The van der Waals surface area contributed by atoms with E-state index < -0.39 is 0 Å². The van der Waals surface area contributed by atoms with E-state index in [2.05, 4.69) is 16.3 Å². The maximum absolute atomic E-state index is 10.3. The third-order valence-corrected chi connectivity index (χ3v) is 3.26. The topological polar surface area (TPSA) is 61.3 Å². The summed E-state index contributed by atoms with van der Waals surface area (Å²) < 4.78 is 10.6. The maximum Gasteiger partial charge on any atom is 0.298 e. The first kappa shape index (κ1) is 12.6. The average Bonchev–Trinajstić information content (AvgIpc) is 3.26. The fraction of sp³-hybridized carbons (Fsp3) is 0.267. The summed E-state index contributed by atoms with van der Waals surface area (Å²) in [5.41, 5.74) is 2.26. The monoisotopic (exact) mass is 270 g/mol. The molecule has 1 aliphatic rings. The molecule has 5 heteroatoms. The number of ether oxygens (including phenoxy) is 2. The van der Waals surface area contributed by atoms with Crippen LogP contribution in [0.25, 0.3) is 0 Å². The summed E-state index contributed by atoms with van der Waals surface area (Å²) in [5, 5.41) is 7.67. The summed E-state index contributed by atoms with van der Waals surface area (Å²) in [7, 11) is 0. The average molecular weight is 270 g/mol. The van der Waals surface area contributed by atoms with Crippen LogP contribution in [-0.4, -0.2) is 16.7 Å². The van der Waals surface area contributed by atoms with E-state index in [-0.39, 0.29) is 0 Å². The van der Waals surface area contributed by atoms with Crippen molar-refractivity contribution in [2.45, 2.75) is 25.7 Å². The molecule has 0 saturated heterocycles. The fourth-order valence-electron chi connectivity index (χ4n) is 2.14. The third-order valence-electron chi connectivity index (χ3n) is 3.26. The number of aryl methyl sites for hydroxylation is 1. The predicted molar refractivity (Wildman–Crippen MR) is 72.0 cm³/mol. The van der Waals surface area contributed by atoms with Gasteiger partial charge in [0.25, 0.3) is 6.47 Å². The lowest BCUT2D eigenvalue weighted by Crippen LogP contribution is -1.97. The molecule has 0 atom stereocenters. The van der Waals surface area contributed by atoms with Gasteiger partial charge in [0.05, 0.1) is 6.20 Å². The number of para-hydroxylation sites is 1. The highest BCUT2D eigenvalue weighted by Crippen LogP contribution is 2.46. The van der Waals surface area contributed by atoms with Crippen LogP contribution in [0.1, 0.15) is 29.9 Å². The molecule has 0 aliphatic heterocycles. The second kappa shape index (κ2) is 5.28. The third kappa shape index (κ3) is 2.61. The number of carbonyl (C=O) groups is 1. The van der Waals surface area contributed by atoms with Crippen molar-refractivity contribution >= 4 is 6.47 Å². The van der Waals surface area contributed by atoms with Crippen LogP contribution in [0, 0.1) is 6.92 Å². The first-order chi connectivity index (χ1) is 9.78. The minimum Gasteiger partial charge on any atom is -0.437 e. The number of rotatable bonds is 5. The summed E-state index contributed by atoms with van der Waals surface area (Å²) in [5.74, 6) is 2.03. The predicted octanol–water partition coefficient (Wildman–Crippen LogP) is 2.99. The summed E-state index contributed by atoms with van der Waals surface area (Å²) in [4.78, 5) is 10.3. The molecule has 1 aromatic carbocycles. The van der Waals surface area contributed by atoms with Crippen molar-refractivity contribution in [3.05, 3.63) is 41.6 Å². The highest BCUT2D eigenvalue weighted by molar-refractivity contribution is 5.48. The molecule has 102 valence electrons. The molecule has 20 heavy (non-hydrogen) atoms. The zero-order valence-electron chi connectivity index (χ0n) is 11.1. The van der Waals surface area contributed by atoms with Crippen LogP contribution in [0.2, 0.25) is 0 Å². The van der Waals surface area contributed by atoms with Crippen LogP contribution in [0.15, 0.2) is 30.5 Å². The van der Waals surface area contributed by atoms with Gasteiger partial charge in [0, 0.05) is 6.07 Å². The van der Waals surface area contributed by atoms with Crippen molar-refractivity contribution < 1.29 is 14.3 Å². The number of hydrogen-bond donors (Lipinski definition) is 0. The van der Waals surface area contributed by atoms with Crippen molar-refractivity contribution in [2.75, 3.05) is 0 Å². The Hall–Kier alpha value is -2.43. The van der Waals surface area contributed by atoms with Crippen LogP contribution in [0.3, 0.4) is 0 Å². The van der Waals surface area contributed by atoms with Gasteiger partial charge in [-0.1, -0.05) is 18.2 Å². The minimum absolute atomic E-state index is 0.312. The van der Waals surface area contributed by atoms with Gasteiger partial charge in [-0.3, -0.25) is 4.79 Å². The fourth-order valence-corrected chi connectivity index (χ4v) is 2.14. The molecule has 1 saturated carbocycles. The lowest BCUT2D eigenvalue weighted by molar-refractivity contribution is -0.120. The first-order valence-corrected chi connectivity index (χ1v) is 6.48. The molecule has 0 radical (unpaired) electrons. The Bertz CT molecular complexity index is 639. The van der Waals surface area contributed by atoms with E-state index in [0.717, 1.165) is 11.3 Å². The van der Waals surface area contributed by atoms with Crippen molar-refractivity contribution in [3.8, 4) is 17.4 Å². The SMILES string of the molecule is Cc1cccc(C2CC2)c1Oc1cc(OC=O)cnn1. The molecule has 1 aromatic heterocycles. The number of benzene rings is 1. The summed E-state index contributed by atoms with van der Waals surface area (Å²) in [6, 6.07) is 7.66. The molecule has 0 unspecified atom stereocenters. The first-order valence-electron chi connectivity index (χ1n) is 6.48. The van der Waals surface area contributed by atoms with Gasteiger partial charge in [-0.15, -0.1) is 5.10 Å². The van der Waals surface area contributed by atoms with Gasteiger partial charge in [-0.05, 0) is 36.8 Å². The Morgan fingerprint density at radius 2 is 2.20 bits per heavy atom. The standard InChI is InChI=1S/C15H14N2O3/c1-10-3-2-4-13(11-5-6-11)15(10)20-14-7-12(19-9-18)8-16-17-14/h2-4,7-9,11H,5-6H2,1H3. The quantitative estimate of drug-likeness (QED) is 0.781. The molecule has 1 heterocycles. The van der Waals surface area contributed by atoms with Crippen LogP contribution in [0.5, 0.6) is 17.4 Å². The molecule has 2 aromatic rings. The highest BCUT2D eigenvalue weighted by atomic mass is 16.5. The van der Waals surface area contributed by atoms with Crippen molar-refractivity contribution in [3.63, 3.8) is 0 Å². The lowest BCUT2D eigenvalue weighted by Gasteiger charge is -2.12. The number of aromatic nitrogens is 2. The van der Waals surface area contributed by atoms with E-state index >= 15 is 0 Å². The van der Waals surface area contributed by atoms with Crippen molar-refractivity contribution in [1.29, 1.82) is 0 Å². The van der Waals surface area contributed by atoms with Crippen molar-refractivity contribution in [1.82, 2.24) is 10.2 Å². The Kier molecular flexibility index (Phi) is 3.33. The number of nitrogens with zero attached hydrogens (tertiary/aromatic N) is 2. The van der Waals surface area contributed by atoms with Gasteiger partial charge in [-0.25, -0.2) is 0 Å². The zero-order chi connectivity index (χ0) is 13.9. The van der Waals surface area contributed by atoms with Gasteiger partial charge < -0.3 is 9.47 Å². The molecule has 1 fully saturated rings. The molecule has 0 N–H and O–H groups in total. The summed E-state index contributed by atoms with van der Waals surface area (Å²) in [6.07, 6.45) is 3.75. The minimum atomic E-state index is 0.312. The van der Waals surface area contributed by atoms with E-state index in [1.165, 1.54) is 24.6 Å². The Morgan fingerprint density at radius 3 is 2.95 bits per heavy atom. The van der Waals surface area contributed by atoms with Gasteiger partial charge in [0.1, 0.15) is 5.75 Å². The highest BCUT2D eigenvalue weighted by Gasteiger charge is 2.27. The van der Waals surface area contributed by atoms with Crippen molar-refractivity contribution in [2.24, 2.45) is 0 Å². The van der Waals surface area contributed by atoms with E-state index in [4.69, 9.17) is 9.47 Å². The largest absolute Gasteiger partial charge is 0.437 e. The number of carbonyl (C=O) groups excluding carboxylic acids is 1. The van der Waals surface area contributed by atoms with E-state index in [1.54, 1.807) is 6.07 Å². The van der Waals surface area contributed by atoms with Crippen LogP contribution in [-0.2, 0) is 4.79 Å². The molecule has 5 nitrogen and oxygen atoms in total.